The van der Waals surface area contributed by atoms with Gasteiger partial charge in [-0.1, -0.05) is 6.07 Å². The fourth-order valence-electron chi connectivity index (χ4n) is 1.45. The third-order valence-corrected chi connectivity index (χ3v) is 2.08. The number of benzene rings is 1. The summed E-state index contributed by atoms with van der Waals surface area (Å²) >= 11 is 0. The summed E-state index contributed by atoms with van der Waals surface area (Å²) in [6.07, 6.45) is -4.98. The number of carbonyl (C=O) groups excluding carboxylic acids is 2. The number of alkyl halides is 3. The molecule has 0 amide bonds. The fraction of sp³-hybridized carbons (Fsp3) is 0.200. The minimum absolute atomic E-state index is 0.0913. The number of cyclic esters (lactones) is 2. The van der Waals surface area contributed by atoms with Crippen molar-refractivity contribution >= 4 is 11.9 Å². The molecule has 0 spiro atoms. The van der Waals surface area contributed by atoms with Gasteiger partial charge in [-0.3, -0.25) is 4.79 Å². The van der Waals surface area contributed by atoms with Crippen LogP contribution in [0, 0.1) is 0 Å². The molecule has 1 aliphatic heterocycles. The molecule has 0 atom stereocenters. The Bertz CT molecular complexity index is 493. The first-order valence-electron chi connectivity index (χ1n) is 4.49. The molecule has 7 heteroatoms. The smallest absolute Gasteiger partial charge is 0.406 e. The third kappa shape index (κ3) is 2.55. The van der Waals surface area contributed by atoms with Crippen molar-refractivity contribution in [2.24, 2.45) is 0 Å². The SMILES string of the molecule is O=C1Cc2ccc(OC(F)(F)F)cc2C(=O)O1. The molecule has 1 heterocycles. The lowest BCUT2D eigenvalue weighted by molar-refractivity contribution is -0.274. The van der Waals surface area contributed by atoms with Crippen LogP contribution in [0.25, 0.3) is 0 Å². The maximum atomic E-state index is 11.9. The Kier molecular flexibility index (Phi) is 2.53. The number of fused-ring (bicyclic) bond motifs is 1. The highest BCUT2D eigenvalue weighted by Gasteiger charge is 2.32. The van der Waals surface area contributed by atoms with E-state index in [9.17, 15) is 22.8 Å². The predicted molar refractivity (Wildman–Crippen MR) is 47.3 cm³/mol. The highest BCUT2D eigenvalue weighted by molar-refractivity contribution is 6.02. The van der Waals surface area contributed by atoms with Crippen molar-refractivity contribution < 1.29 is 32.2 Å². The molecule has 1 aromatic rings. The summed E-state index contributed by atoms with van der Waals surface area (Å²) in [7, 11) is 0. The lowest BCUT2D eigenvalue weighted by atomic mass is 10.0. The van der Waals surface area contributed by atoms with Crippen LogP contribution in [0.2, 0.25) is 0 Å². The quantitative estimate of drug-likeness (QED) is 0.560. The van der Waals surface area contributed by atoms with Crippen LogP contribution in [0.4, 0.5) is 13.2 Å². The Morgan fingerprint density at radius 1 is 1.24 bits per heavy atom. The van der Waals surface area contributed by atoms with Crippen molar-refractivity contribution in [2.45, 2.75) is 12.8 Å². The molecule has 0 saturated carbocycles. The normalized spacial score (nSPS) is 15.2. The van der Waals surface area contributed by atoms with Gasteiger partial charge in [-0.2, -0.15) is 0 Å². The summed E-state index contributed by atoms with van der Waals surface area (Å²) in [5.41, 5.74) is 0.229. The summed E-state index contributed by atoms with van der Waals surface area (Å²) in [5.74, 6) is -2.22. The van der Waals surface area contributed by atoms with Gasteiger partial charge in [0.05, 0.1) is 12.0 Å². The van der Waals surface area contributed by atoms with Crippen molar-refractivity contribution in [2.75, 3.05) is 0 Å². The summed E-state index contributed by atoms with van der Waals surface area (Å²) in [6.45, 7) is 0. The van der Waals surface area contributed by atoms with Crippen molar-refractivity contribution in [3.63, 3.8) is 0 Å². The van der Waals surface area contributed by atoms with Crippen LogP contribution < -0.4 is 4.74 Å². The molecule has 0 fully saturated rings. The van der Waals surface area contributed by atoms with E-state index in [2.05, 4.69) is 9.47 Å². The molecule has 0 aromatic heterocycles. The summed E-state index contributed by atoms with van der Waals surface area (Å²) < 4.78 is 43.8. The summed E-state index contributed by atoms with van der Waals surface area (Å²) in [5, 5.41) is 0. The minimum Gasteiger partial charge on any atom is -0.406 e. The van der Waals surface area contributed by atoms with Crippen LogP contribution >= 0.6 is 0 Å². The number of carbonyl (C=O) groups is 2. The van der Waals surface area contributed by atoms with Gasteiger partial charge in [0.25, 0.3) is 0 Å². The van der Waals surface area contributed by atoms with E-state index in [0.29, 0.717) is 5.56 Å². The zero-order valence-electron chi connectivity index (χ0n) is 8.21. The summed E-state index contributed by atoms with van der Waals surface area (Å²) in [4.78, 5) is 22.1. The van der Waals surface area contributed by atoms with E-state index in [0.717, 1.165) is 12.1 Å². The second-order valence-corrected chi connectivity index (χ2v) is 3.31. The van der Waals surface area contributed by atoms with E-state index in [-0.39, 0.29) is 12.0 Å². The Balaban J connectivity index is 2.34. The topological polar surface area (TPSA) is 52.6 Å². The molecule has 0 N–H and O–H groups in total. The average molecular weight is 246 g/mol. The van der Waals surface area contributed by atoms with Crippen molar-refractivity contribution in [3.05, 3.63) is 29.3 Å². The lowest BCUT2D eigenvalue weighted by Crippen LogP contribution is -2.23. The number of halogens is 3. The van der Waals surface area contributed by atoms with Crippen LogP contribution in [0.1, 0.15) is 15.9 Å². The number of hydrogen-bond acceptors (Lipinski definition) is 4. The van der Waals surface area contributed by atoms with Gasteiger partial charge in [-0.25, -0.2) is 4.79 Å². The van der Waals surface area contributed by atoms with E-state index >= 15 is 0 Å². The Labute approximate surface area is 92.9 Å². The molecule has 0 saturated heterocycles. The average Bonchev–Trinajstić information content (AvgIpc) is 2.16. The van der Waals surface area contributed by atoms with Gasteiger partial charge in [0.2, 0.25) is 0 Å². The van der Waals surface area contributed by atoms with Gasteiger partial charge in [0.15, 0.2) is 0 Å². The first kappa shape index (κ1) is 11.4. The zero-order valence-corrected chi connectivity index (χ0v) is 8.21. The number of esters is 2. The first-order valence-corrected chi connectivity index (χ1v) is 4.49. The molecule has 90 valence electrons. The molecule has 4 nitrogen and oxygen atoms in total. The van der Waals surface area contributed by atoms with Crippen LogP contribution in [0.3, 0.4) is 0 Å². The van der Waals surface area contributed by atoms with E-state index in [1.54, 1.807) is 0 Å². The van der Waals surface area contributed by atoms with Gasteiger partial charge in [0.1, 0.15) is 5.75 Å². The molecule has 0 radical (unpaired) electrons. The van der Waals surface area contributed by atoms with Crippen molar-refractivity contribution in [1.29, 1.82) is 0 Å². The Morgan fingerprint density at radius 2 is 1.94 bits per heavy atom. The maximum absolute atomic E-state index is 11.9. The molecular formula is C10H5F3O4. The standard InChI is InChI=1S/C10H5F3O4/c11-10(12,13)17-6-2-1-5-3-8(14)16-9(15)7(5)4-6/h1-2,4H,3H2. The van der Waals surface area contributed by atoms with Gasteiger partial charge in [0, 0.05) is 0 Å². The zero-order chi connectivity index (χ0) is 12.6. The Morgan fingerprint density at radius 3 is 2.59 bits per heavy atom. The fourth-order valence-corrected chi connectivity index (χ4v) is 1.45. The molecule has 2 rings (SSSR count). The van der Waals surface area contributed by atoms with E-state index < -0.39 is 24.1 Å². The van der Waals surface area contributed by atoms with Crippen LogP contribution in [0.5, 0.6) is 5.75 Å². The second kappa shape index (κ2) is 3.76. The first-order chi connectivity index (χ1) is 7.85. The maximum Gasteiger partial charge on any atom is 0.573 e. The molecule has 17 heavy (non-hydrogen) atoms. The van der Waals surface area contributed by atoms with Crippen LogP contribution in [-0.4, -0.2) is 18.3 Å². The highest BCUT2D eigenvalue weighted by Crippen LogP contribution is 2.27. The van der Waals surface area contributed by atoms with Gasteiger partial charge in [-0.05, 0) is 17.7 Å². The summed E-state index contributed by atoms with van der Waals surface area (Å²) in [6, 6.07) is 3.17. The van der Waals surface area contributed by atoms with Crippen molar-refractivity contribution in [3.8, 4) is 5.75 Å². The third-order valence-electron chi connectivity index (χ3n) is 2.08. The molecule has 0 aliphatic carbocycles. The number of hydrogen-bond donors (Lipinski definition) is 0. The Hall–Kier alpha value is -2.05. The molecule has 1 aromatic carbocycles. The van der Waals surface area contributed by atoms with Crippen LogP contribution in [0.15, 0.2) is 18.2 Å². The highest BCUT2D eigenvalue weighted by atomic mass is 19.4. The predicted octanol–water partition coefficient (Wildman–Crippen LogP) is 1.82. The lowest BCUT2D eigenvalue weighted by Gasteiger charge is -2.15. The van der Waals surface area contributed by atoms with Crippen LogP contribution in [-0.2, 0) is 16.0 Å². The number of rotatable bonds is 1. The van der Waals surface area contributed by atoms with Gasteiger partial charge in [-0.15, -0.1) is 13.2 Å². The van der Waals surface area contributed by atoms with E-state index in [4.69, 9.17) is 0 Å². The minimum atomic E-state index is -4.83. The van der Waals surface area contributed by atoms with E-state index in [1.165, 1.54) is 6.07 Å². The molecule has 0 bridgehead atoms. The second-order valence-electron chi connectivity index (χ2n) is 3.31. The largest absolute Gasteiger partial charge is 0.573 e. The van der Waals surface area contributed by atoms with Crippen molar-refractivity contribution in [1.82, 2.24) is 0 Å². The molecule has 1 aliphatic rings. The molecule has 0 unspecified atom stereocenters. The number of ether oxygens (including phenoxy) is 2. The van der Waals surface area contributed by atoms with Gasteiger partial charge >= 0.3 is 18.3 Å². The van der Waals surface area contributed by atoms with Gasteiger partial charge < -0.3 is 9.47 Å². The monoisotopic (exact) mass is 246 g/mol. The molecular weight excluding hydrogens is 241 g/mol. The van der Waals surface area contributed by atoms with E-state index in [1.807, 2.05) is 0 Å².